The molecular weight excluding hydrogens is 298 g/mol. The minimum Gasteiger partial charge on any atom is -0.488 e. The summed E-state index contributed by atoms with van der Waals surface area (Å²) in [5.41, 5.74) is 1.17. The van der Waals surface area contributed by atoms with Crippen LogP contribution in [0, 0.1) is 6.92 Å². The van der Waals surface area contributed by atoms with Crippen molar-refractivity contribution in [3.63, 3.8) is 0 Å². The van der Waals surface area contributed by atoms with Gasteiger partial charge in [-0.25, -0.2) is 0 Å². The number of rotatable bonds is 3. The van der Waals surface area contributed by atoms with E-state index in [2.05, 4.69) is 21.2 Å². The van der Waals surface area contributed by atoms with Crippen molar-refractivity contribution in [3.8, 4) is 5.75 Å². The predicted octanol–water partition coefficient (Wildman–Crippen LogP) is 2.04. The van der Waals surface area contributed by atoms with E-state index in [-0.39, 0.29) is 18.1 Å². The number of ether oxygens (including phenoxy) is 2. The molecule has 0 aliphatic carbocycles. The first-order valence-corrected chi connectivity index (χ1v) is 6.63. The van der Waals surface area contributed by atoms with Crippen molar-refractivity contribution in [3.05, 3.63) is 28.2 Å². The Morgan fingerprint density at radius 2 is 2.28 bits per heavy atom. The molecule has 2 atom stereocenters. The van der Waals surface area contributed by atoms with E-state index in [0.717, 1.165) is 10.2 Å². The van der Waals surface area contributed by atoms with Gasteiger partial charge in [-0.2, -0.15) is 0 Å². The van der Waals surface area contributed by atoms with Crippen LogP contribution in [0.3, 0.4) is 0 Å². The van der Waals surface area contributed by atoms with Gasteiger partial charge in [-0.05, 0) is 40.5 Å². The molecule has 0 amide bonds. The van der Waals surface area contributed by atoms with Gasteiger partial charge in [0.15, 0.2) is 0 Å². The van der Waals surface area contributed by atoms with Crippen LogP contribution in [-0.2, 0) is 9.53 Å². The van der Waals surface area contributed by atoms with Gasteiger partial charge < -0.3 is 14.8 Å². The second-order valence-electron chi connectivity index (χ2n) is 4.39. The van der Waals surface area contributed by atoms with Gasteiger partial charge in [0.1, 0.15) is 17.9 Å². The molecule has 1 fully saturated rings. The highest BCUT2D eigenvalue weighted by Gasteiger charge is 2.31. The predicted molar refractivity (Wildman–Crippen MR) is 71.7 cm³/mol. The fraction of sp³-hybridized carbons (Fsp3) is 0.462. The summed E-state index contributed by atoms with van der Waals surface area (Å²) in [6.45, 7) is 2.68. The van der Waals surface area contributed by atoms with E-state index >= 15 is 0 Å². The van der Waals surface area contributed by atoms with Gasteiger partial charge in [0.25, 0.3) is 0 Å². The van der Waals surface area contributed by atoms with E-state index in [4.69, 9.17) is 9.47 Å². The Labute approximate surface area is 115 Å². The molecule has 1 saturated heterocycles. The van der Waals surface area contributed by atoms with Gasteiger partial charge in [0, 0.05) is 13.0 Å². The van der Waals surface area contributed by atoms with Crippen molar-refractivity contribution < 1.29 is 14.3 Å². The Morgan fingerprint density at radius 3 is 2.94 bits per heavy atom. The minimum absolute atomic E-state index is 0.00638. The van der Waals surface area contributed by atoms with Gasteiger partial charge in [0.2, 0.25) is 0 Å². The minimum atomic E-state index is -0.260. The Morgan fingerprint density at radius 1 is 1.50 bits per heavy atom. The molecule has 1 aliphatic rings. The Bertz CT molecular complexity index is 450. The third kappa shape index (κ3) is 3.03. The summed E-state index contributed by atoms with van der Waals surface area (Å²) < 4.78 is 11.5. The fourth-order valence-electron chi connectivity index (χ4n) is 2.00. The molecule has 1 aromatic carbocycles. The van der Waals surface area contributed by atoms with Gasteiger partial charge >= 0.3 is 5.97 Å². The monoisotopic (exact) mass is 313 g/mol. The van der Waals surface area contributed by atoms with Gasteiger partial charge in [0.05, 0.1) is 11.6 Å². The van der Waals surface area contributed by atoms with Crippen LogP contribution >= 0.6 is 15.9 Å². The van der Waals surface area contributed by atoms with Crippen molar-refractivity contribution in [2.24, 2.45) is 0 Å². The van der Waals surface area contributed by atoms with Crippen LogP contribution in [0.25, 0.3) is 0 Å². The highest BCUT2D eigenvalue weighted by Crippen LogP contribution is 2.28. The summed E-state index contributed by atoms with van der Waals surface area (Å²) in [5.74, 6) is 0.571. The SMILES string of the molecule is COC(=O)[C@H]1C[C@@H](Oc2ccc(C)cc2Br)CN1. The molecule has 1 aliphatic heterocycles. The second-order valence-corrected chi connectivity index (χ2v) is 5.25. The largest absolute Gasteiger partial charge is 0.488 e. The number of aryl methyl sites for hydroxylation is 1. The summed E-state index contributed by atoms with van der Waals surface area (Å²) in [6.07, 6.45) is 0.626. The molecule has 0 spiro atoms. The summed E-state index contributed by atoms with van der Waals surface area (Å²) in [7, 11) is 1.40. The molecule has 0 unspecified atom stereocenters. The lowest BCUT2D eigenvalue weighted by molar-refractivity contribution is -0.142. The average molecular weight is 314 g/mol. The third-order valence-electron chi connectivity index (χ3n) is 2.96. The van der Waals surface area contributed by atoms with Crippen LogP contribution in [0.2, 0.25) is 0 Å². The number of nitrogens with one attached hydrogen (secondary N) is 1. The summed E-state index contributed by atoms with van der Waals surface area (Å²) in [6, 6.07) is 5.69. The zero-order valence-corrected chi connectivity index (χ0v) is 12.0. The van der Waals surface area contributed by atoms with Gasteiger partial charge in [-0.3, -0.25) is 4.79 Å². The second kappa shape index (κ2) is 5.71. The van der Waals surface area contributed by atoms with Gasteiger partial charge in [-0.1, -0.05) is 6.07 Å². The smallest absolute Gasteiger partial charge is 0.323 e. The number of carbonyl (C=O) groups is 1. The molecule has 5 heteroatoms. The van der Waals surface area contributed by atoms with Crippen molar-refractivity contribution in [2.75, 3.05) is 13.7 Å². The number of benzene rings is 1. The van der Waals surface area contributed by atoms with Crippen molar-refractivity contribution in [1.82, 2.24) is 5.32 Å². The Balaban J connectivity index is 1.97. The normalized spacial score (nSPS) is 22.8. The summed E-state index contributed by atoms with van der Waals surface area (Å²) in [4.78, 5) is 11.4. The van der Waals surface area contributed by atoms with Crippen LogP contribution in [-0.4, -0.2) is 31.8 Å². The van der Waals surface area contributed by atoms with Crippen LogP contribution in [0.4, 0.5) is 0 Å². The highest BCUT2D eigenvalue weighted by molar-refractivity contribution is 9.10. The van der Waals surface area contributed by atoms with E-state index in [1.165, 1.54) is 12.7 Å². The quantitative estimate of drug-likeness (QED) is 0.868. The zero-order chi connectivity index (χ0) is 13.1. The number of halogens is 1. The van der Waals surface area contributed by atoms with Crippen molar-refractivity contribution >= 4 is 21.9 Å². The Hall–Kier alpha value is -1.07. The molecule has 1 aromatic rings. The fourth-order valence-corrected chi connectivity index (χ4v) is 2.58. The first-order valence-electron chi connectivity index (χ1n) is 5.84. The lowest BCUT2D eigenvalue weighted by Gasteiger charge is -2.14. The lowest BCUT2D eigenvalue weighted by Crippen LogP contribution is -2.31. The molecule has 0 radical (unpaired) electrons. The van der Waals surface area contributed by atoms with E-state index in [1.54, 1.807) is 0 Å². The zero-order valence-electron chi connectivity index (χ0n) is 10.4. The molecule has 0 aromatic heterocycles. The van der Waals surface area contributed by atoms with Crippen LogP contribution in [0.5, 0.6) is 5.75 Å². The molecule has 1 N–H and O–H groups in total. The third-order valence-corrected chi connectivity index (χ3v) is 3.58. The Kier molecular flexibility index (Phi) is 4.24. The summed E-state index contributed by atoms with van der Waals surface area (Å²) >= 11 is 3.48. The lowest BCUT2D eigenvalue weighted by atomic mass is 10.2. The maximum Gasteiger partial charge on any atom is 0.323 e. The standard InChI is InChI=1S/C13H16BrNO3/c1-8-3-4-12(10(14)5-8)18-9-6-11(15-7-9)13(16)17-2/h3-5,9,11,15H,6-7H2,1-2H3/t9-,11-/m1/s1. The number of methoxy groups -OCH3 is 1. The van der Waals surface area contributed by atoms with E-state index in [9.17, 15) is 4.79 Å². The number of hydrogen-bond acceptors (Lipinski definition) is 4. The first-order chi connectivity index (χ1) is 8.60. The molecular formula is C13H16BrNO3. The van der Waals surface area contributed by atoms with E-state index < -0.39 is 0 Å². The number of carbonyl (C=O) groups excluding carboxylic acids is 1. The van der Waals surface area contributed by atoms with Crippen molar-refractivity contribution in [2.45, 2.75) is 25.5 Å². The van der Waals surface area contributed by atoms with E-state index in [1.807, 2.05) is 25.1 Å². The first kappa shape index (κ1) is 13.4. The molecule has 2 rings (SSSR count). The van der Waals surface area contributed by atoms with E-state index in [0.29, 0.717) is 13.0 Å². The topological polar surface area (TPSA) is 47.6 Å². The van der Waals surface area contributed by atoms with Crippen LogP contribution < -0.4 is 10.1 Å². The van der Waals surface area contributed by atoms with Crippen LogP contribution in [0.15, 0.2) is 22.7 Å². The average Bonchev–Trinajstić information content (AvgIpc) is 2.80. The molecule has 1 heterocycles. The maximum atomic E-state index is 11.4. The maximum absolute atomic E-state index is 11.4. The summed E-state index contributed by atoms with van der Waals surface area (Å²) in [5, 5.41) is 3.09. The number of esters is 1. The molecule has 98 valence electrons. The van der Waals surface area contributed by atoms with Crippen molar-refractivity contribution in [1.29, 1.82) is 0 Å². The molecule has 18 heavy (non-hydrogen) atoms. The van der Waals surface area contributed by atoms with Gasteiger partial charge in [-0.15, -0.1) is 0 Å². The molecule has 0 saturated carbocycles. The number of hydrogen-bond donors (Lipinski definition) is 1. The van der Waals surface area contributed by atoms with Crippen LogP contribution in [0.1, 0.15) is 12.0 Å². The molecule has 4 nitrogen and oxygen atoms in total. The molecule has 0 bridgehead atoms. The highest BCUT2D eigenvalue weighted by atomic mass is 79.9.